The molecule has 2 aliphatic heterocycles. The molecule has 5 rings (SSSR count). The molecule has 1 aromatic heterocycles. The van der Waals surface area contributed by atoms with E-state index in [4.69, 9.17) is 0 Å². The van der Waals surface area contributed by atoms with Gasteiger partial charge in [-0.05, 0) is 35.6 Å². The van der Waals surface area contributed by atoms with Crippen LogP contribution in [0.2, 0.25) is 0 Å². The van der Waals surface area contributed by atoms with E-state index in [0.29, 0.717) is 11.4 Å². The number of hydrogen-bond acceptors (Lipinski definition) is 7. The molecule has 2 fully saturated rings. The van der Waals surface area contributed by atoms with Crippen molar-refractivity contribution >= 4 is 39.1 Å². The van der Waals surface area contributed by atoms with E-state index >= 15 is 0 Å². The van der Waals surface area contributed by atoms with Crippen LogP contribution in [0.15, 0.2) is 24.4 Å². The molecule has 32 heavy (non-hydrogen) atoms. The highest BCUT2D eigenvalue weighted by Crippen LogP contribution is 2.48. The third kappa shape index (κ3) is 3.86. The van der Waals surface area contributed by atoms with Gasteiger partial charge >= 0.3 is 6.18 Å². The number of halogens is 3. The van der Waals surface area contributed by atoms with Crippen molar-refractivity contribution < 1.29 is 26.4 Å². The average Bonchev–Trinajstić information content (AvgIpc) is 3.03. The fourth-order valence-electron chi connectivity index (χ4n) is 4.33. The number of alkyl halides is 3. The van der Waals surface area contributed by atoms with Crippen LogP contribution in [0, 0.1) is 11.8 Å². The van der Waals surface area contributed by atoms with E-state index in [2.05, 4.69) is 25.9 Å². The van der Waals surface area contributed by atoms with Crippen molar-refractivity contribution in [2.24, 2.45) is 11.8 Å². The van der Waals surface area contributed by atoms with Crippen LogP contribution in [0.3, 0.4) is 0 Å². The maximum absolute atomic E-state index is 13.5. The second kappa shape index (κ2) is 7.04. The molecule has 0 radical (unpaired) electrons. The van der Waals surface area contributed by atoms with Crippen molar-refractivity contribution in [3.8, 4) is 0 Å². The van der Waals surface area contributed by atoms with E-state index in [9.17, 15) is 26.4 Å². The Labute approximate surface area is 181 Å². The van der Waals surface area contributed by atoms with Gasteiger partial charge in [0.1, 0.15) is 11.4 Å². The summed E-state index contributed by atoms with van der Waals surface area (Å²) >= 11 is 0. The first-order valence-electron chi connectivity index (χ1n) is 9.85. The highest BCUT2D eigenvalue weighted by atomic mass is 32.2. The number of aromatic nitrogens is 2. The summed E-state index contributed by atoms with van der Waals surface area (Å²) in [6, 6.07) is 4.80. The van der Waals surface area contributed by atoms with Gasteiger partial charge in [-0.25, -0.2) is 17.7 Å². The number of benzene rings is 1. The molecular formula is C19H19F3N6O3S. The lowest BCUT2D eigenvalue weighted by atomic mass is 10.1. The van der Waals surface area contributed by atoms with E-state index in [1.165, 1.54) is 4.31 Å². The number of nitrogens with one attached hydrogen (secondary N) is 3. The van der Waals surface area contributed by atoms with Crippen LogP contribution in [-0.2, 0) is 27.4 Å². The molecule has 2 atom stereocenters. The minimum atomic E-state index is -4.65. The van der Waals surface area contributed by atoms with Crippen LogP contribution >= 0.6 is 0 Å². The Morgan fingerprint density at radius 2 is 1.94 bits per heavy atom. The fourth-order valence-corrected chi connectivity index (χ4v) is 5.21. The lowest BCUT2D eigenvalue weighted by Crippen LogP contribution is -2.33. The number of carbonyl (C=O) groups excluding carboxylic acids is 1. The molecule has 2 unspecified atom stereocenters. The van der Waals surface area contributed by atoms with Gasteiger partial charge in [0.25, 0.3) is 0 Å². The SMILES string of the molecule is CS(=O)(=O)N1CC2C(C1)C2Nc1nc(Nc2ccc3c(c2)CC(=O)N3)ncc1C(F)(F)F. The summed E-state index contributed by atoms with van der Waals surface area (Å²) in [7, 11) is -3.32. The van der Waals surface area contributed by atoms with Crippen molar-refractivity contribution in [3.05, 3.63) is 35.5 Å². The summed E-state index contributed by atoms with van der Waals surface area (Å²) in [6.07, 6.45) is -2.59. The third-order valence-corrected chi connectivity index (χ3v) is 7.25. The van der Waals surface area contributed by atoms with Gasteiger partial charge in [-0.2, -0.15) is 18.2 Å². The van der Waals surface area contributed by atoms with Crippen LogP contribution in [0.25, 0.3) is 0 Å². The molecule has 2 aromatic rings. The summed E-state index contributed by atoms with van der Waals surface area (Å²) in [6.45, 7) is 0.557. The van der Waals surface area contributed by atoms with Crippen LogP contribution < -0.4 is 16.0 Å². The summed E-state index contributed by atoms with van der Waals surface area (Å²) in [4.78, 5) is 19.4. The zero-order valence-electron chi connectivity index (χ0n) is 16.8. The third-order valence-electron chi connectivity index (χ3n) is 6.01. The summed E-state index contributed by atoms with van der Waals surface area (Å²) in [5.41, 5.74) is 1.01. The standard InChI is InChI=1S/C19H19F3N6O3S/c1-32(30,31)28-7-11-12(8-28)16(11)26-17-13(19(20,21)22)6-23-18(27-17)24-10-2-3-14-9(4-10)5-15(29)25-14/h2-4,6,11-12,16H,5,7-8H2,1H3,(H,25,29)(H2,23,24,26,27). The van der Waals surface area contributed by atoms with Crippen molar-refractivity contribution in [1.29, 1.82) is 0 Å². The lowest BCUT2D eigenvalue weighted by molar-refractivity contribution is -0.137. The van der Waals surface area contributed by atoms with Gasteiger partial charge in [0.2, 0.25) is 21.9 Å². The molecule has 3 heterocycles. The smallest absolute Gasteiger partial charge is 0.366 e. The highest BCUT2D eigenvalue weighted by molar-refractivity contribution is 7.88. The molecule has 1 amide bonds. The zero-order valence-corrected chi connectivity index (χ0v) is 17.6. The van der Waals surface area contributed by atoms with E-state index in [1.807, 2.05) is 0 Å². The molecule has 13 heteroatoms. The Kier molecular flexibility index (Phi) is 4.60. The molecule has 1 saturated heterocycles. The van der Waals surface area contributed by atoms with E-state index in [0.717, 1.165) is 18.0 Å². The first kappa shape index (κ1) is 20.9. The molecule has 1 aromatic carbocycles. The average molecular weight is 468 g/mol. The van der Waals surface area contributed by atoms with Gasteiger partial charge in [0.05, 0.1) is 12.7 Å². The number of piperidine rings is 1. The minimum absolute atomic E-state index is 0.0266. The molecule has 0 bridgehead atoms. The quantitative estimate of drug-likeness (QED) is 0.615. The van der Waals surface area contributed by atoms with Crippen molar-refractivity contribution in [2.45, 2.75) is 18.6 Å². The number of carbonyl (C=O) groups is 1. The monoisotopic (exact) mass is 468 g/mol. The second-order valence-corrected chi connectivity index (χ2v) is 10.2. The summed E-state index contributed by atoms with van der Waals surface area (Å²) in [5, 5.41) is 8.44. The van der Waals surface area contributed by atoms with Crippen molar-refractivity contribution in [1.82, 2.24) is 14.3 Å². The Balaban J connectivity index is 1.35. The van der Waals surface area contributed by atoms with Crippen LogP contribution in [0.4, 0.5) is 36.3 Å². The number of hydrogen-bond donors (Lipinski definition) is 3. The van der Waals surface area contributed by atoms with Crippen LogP contribution in [0.5, 0.6) is 0 Å². The number of nitrogens with zero attached hydrogens (tertiary/aromatic N) is 3. The maximum Gasteiger partial charge on any atom is 0.421 e. The number of anilines is 4. The van der Waals surface area contributed by atoms with Crippen molar-refractivity contribution in [2.75, 3.05) is 35.3 Å². The van der Waals surface area contributed by atoms with Gasteiger partial charge in [-0.1, -0.05) is 0 Å². The number of fused-ring (bicyclic) bond motifs is 2. The predicted molar refractivity (Wildman–Crippen MR) is 110 cm³/mol. The van der Waals surface area contributed by atoms with Crippen LogP contribution in [-0.4, -0.2) is 54.0 Å². The first-order valence-corrected chi connectivity index (χ1v) is 11.7. The molecular weight excluding hydrogens is 449 g/mol. The Bertz CT molecular complexity index is 1210. The van der Waals surface area contributed by atoms with E-state index < -0.39 is 21.8 Å². The molecule has 3 aliphatic rings. The molecule has 3 N–H and O–H groups in total. The normalized spacial score (nSPS) is 24.6. The number of rotatable bonds is 5. The molecule has 9 nitrogen and oxygen atoms in total. The Morgan fingerprint density at radius 3 is 2.59 bits per heavy atom. The lowest BCUT2D eigenvalue weighted by Gasteiger charge is -2.19. The molecule has 1 aliphatic carbocycles. The molecule has 0 spiro atoms. The first-order chi connectivity index (χ1) is 15.0. The zero-order chi connectivity index (χ0) is 22.8. The van der Waals surface area contributed by atoms with Gasteiger partial charge in [0.15, 0.2) is 0 Å². The molecule has 1 saturated carbocycles. The number of amides is 1. The van der Waals surface area contributed by atoms with Crippen LogP contribution in [0.1, 0.15) is 11.1 Å². The van der Waals surface area contributed by atoms with Gasteiger partial charge in [-0.15, -0.1) is 0 Å². The van der Waals surface area contributed by atoms with Gasteiger partial charge in [0, 0.05) is 36.7 Å². The van der Waals surface area contributed by atoms with Gasteiger partial charge < -0.3 is 16.0 Å². The van der Waals surface area contributed by atoms with Crippen molar-refractivity contribution in [3.63, 3.8) is 0 Å². The summed E-state index contributed by atoms with van der Waals surface area (Å²) < 4.78 is 65.2. The largest absolute Gasteiger partial charge is 0.421 e. The molecule has 170 valence electrons. The number of sulfonamides is 1. The highest BCUT2D eigenvalue weighted by Gasteiger charge is 2.58. The second-order valence-electron chi connectivity index (χ2n) is 8.25. The maximum atomic E-state index is 13.5. The summed E-state index contributed by atoms with van der Waals surface area (Å²) in [5.74, 6) is -0.615. The Morgan fingerprint density at radius 1 is 1.22 bits per heavy atom. The Hall–Kier alpha value is -2.93. The topological polar surface area (TPSA) is 116 Å². The predicted octanol–water partition coefficient (Wildman–Crippen LogP) is 2.04. The van der Waals surface area contributed by atoms with E-state index in [-0.39, 0.29) is 55.1 Å². The fraction of sp³-hybridized carbons (Fsp3) is 0.421. The minimum Gasteiger partial charge on any atom is -0.366 e. The van der Waals surface area contributed by atoms with E-state index in [1.54, 1.807) is 18.2 Å². The van der Waals surface area contributed by atoms with Gasteiger partial charge in [-0.3, -0.25) is 4.79 Å².